The summed E-state index contributed by atoms with van der Waals surface area (Å²) in [4.78, 5) is 33.6. The van der Waals surface area contributed by atoms with Gasteiger partial charge in [0.1, 0.15) is 5.82 Å². The number of carboxylic acids is 1. The molecule has 0 bridgehead atoms. The van der Waals surface area contributed by atoms with Crippen molar-refractivity contribution in [3.63, 3.8) is 0 Å². The van der Waals surface area contributed by atoms with Crippen molar-refractivity contribution >= 4 is 11.9 Å². The number of piperidine rings is 1. The number of halogens is 2. The van der Waals surface area contributed by atoms with Gasteiger partial charge in [-0.1, -0.05) is 12.1 Å². The predicted molar refractivity (Wildman–Crippen MR) is 154 cm³/mol. The lowest BCUT2D eigenvalue weighted by Gasteiger charge is -2.40. The number of carboxylic acid groups (broad SMARTS) is 1. The molecule has 42 heavy (non-hydrogen) atoms. The van der Waals surface area contributed by atoms with E-state index in [-0.39, 0.29) is 40.8 Å². The zero-order chi connectivity index (χ0) is 29.5. The van der Waals surface area contributed by atoms with E-state index in [1.807, 2.05) is 11.8 Å². The fourth-order valence-corrected chi connectivity index (χ4v) is 6.46. The molecule has 220 valence electrons. The number of amides is 1. The van der Waals surface area contributed by atoms with Gasteiger partial charge in [-0.2, -0.15) is 0 Å². The number of carbonyl (C=O) groups excluding carboxylic acids is 1. The maximum absolute atomic E-state index is 16.2. The third kappa shape index (κ3) is 5.38. The van der Waals surface area contributed by atoms with Crippen LogP contribution in [-0.4, -0.2) is 64.0 Å². The molecule has 3 heterocycles. The van der Waals surface area contributed by atoms with Crippen molar-refractivity contribution in [1.82, 2.24) is 14.8 Å². The van der Waals surface area contributed by atoms with Crippen LogP contribution < -0.4 is 4.74 Å². The van der Waals surface area contributed by atoms with E-state index in [1.54, 1.807) is 19.1 Å². The van der Waals surface area contributed by atoms with E-state index < -0.39 is 5.97 Å². The Bertz CT molecular complexity index is 1530. The number of likely N-dealkylation sites (tertiary alicyclic amines) is 1. The van der Waals surface area contributed by atoms with E-state index in [0.29, 0.717) is 54.2 Å². The summed E-state index contributed by atoms with van der Waals surface area (Å²) >= 11 is 0. The second-order valence-electron chi connectivity index (χ2n) is 11.5. The van der Waals surface area contributed by atoms with E-state index in [9.17, 15) is 19.1 Å². The normalized spacial score (nSPS) is 17.8. The average molecular weight is 576 g/mol. The number of aromatic nitrogens is 1. The van der Waals surface area contributed by atoms with Crippen LogP contribution in [0.5, 0.6) is 5.75 Å². The number of nitrogens with zero attached hydrogens (tertiary/aromatic N) is 3. The molecule has 1 saturated carbocycles. The van der Waals surface area contributed by atoms with Crippen LogP contribution in [0, 0.1) is 18.6 Å². The van der Waals surface area contributed by atoms with Crippen LogP contribution in [0.4, 0.5) is 8.78 Å². The molecule has 1 aliphatic carbocycles. The van der Waals surface area contributed by atoms with Gasteiger partial charge >= 0.3 is 5.97 Å². The second-order valence-corrected chi connectivity index (χ2v) is 11.5. The average Bonchev–Trinajstić information content (AvgIpc) is 3.82. The number of rotatable bonds is 8. The third-order valence-corrected chi connectivity index (χ3v) is 8.76. The fourth-order valence-electron chi connectivity index (χ4n) is 6.46. The van der Waals surface area contributed by atoms with Crippen molar-refractivity contribution in [2.75, 3.05) is 26.2 Å². The zero-order valence-corrected chi connectivity index (χ0v) is 24.0. The van der Waals surface area contributed by atoms with E-state index in [0.717, 1.165) is 49.9 Å². The lowest BCUT2D eigenvalue weighted by molar-refractivity contribution is 0.0543. The first kappa shape index (κ1) is 28.3. The molecule has 1 N–H and O–H groups in total. The quantitative estimate of drug-likeness (QED) is 0.356. The highest BCUT2D eigenvalue weighted by Crippen LogP contribution is 2.48. The highest BCUT2D eigenvalue weighted by Gasteiger charge is 2.35. The summed E-state index contributed by atoms with van der Waals surface area (Å²) in [6.45, 7) is 6.39. The monoisotopic (exact) mass is 575 g/mol. The van der Waals surface area contributed by atoms with E-state index in [1.165, 1.54) is 18.2 Å². The van der Waals surface area contributed by atoms with Gasteiger partial charge in [-0.05, 0) is 80.8 Å². The minimum Gasteiger partial charge on any atom is -0.490 e. The predicted octanol–water partition coefficient (Wildman–Crippen LogP) is 5.97. The van der Waals surface area contributed by atoms with Crippen LogP contribution in [0.3, 0.4) is 0 Å². The van der Waals surface area contributed by atoms with Crippen molar-refractivity contribution in [2.45, 2.75) is 64.5 Å². The van der Waals surface area contributed by atoms with E-state index >= 15 is 4.39 Å². The van der Waals surface area contributed by atoms with Gasteiger partial charge in [0.25, 0.3) is 5.91 Å². The van der Waals surface area contributed by atoms with E-state index in [4.69, 9.17) is 4.74 Å². The molecular weight excluding hydrogens is 540 g/mol. The molecule has 3 aliphatic rings. The molecule has 2 aromatic carbocycles. The molecule has 1 aromatic heterocycles. The number of aryl methyl sites for hydroxylation is 1. The van der Waals surface area contributed by atoms with Gasteiger partial charge in [0.2, 0.25) is 0 Å². The molecule has 0 atom stereocenters. The van der Waals surface area contributed by atoms with Gasteiger partial charge in [-0.3, -0.25) is 14.7 Å². The maximum atomic E-state index is 16.2. The smallest absolute Gasteiger partial charge is 0.337 e. The summed E-state index contributed by atoms with van der Waals surface area (Å²) in [5.74, 6) is -1.45. The molecule has 3 aromatic rings. The van der Waals surface area contributed by atoms with Crippen molar-refractivity contribution < 1.29 is 28.2 Å². The standard InChI is InChI=1S/C33H35F2N3O4/c1-3-42-31-22(16-26(20-4-5-20)29(30(31)35)21-6-8-23(34)9-7-21)18-37-13-10-24(11-14-37)38-15-12-28-27(32(38)39)17-25(33(40)41)19(2)36-28/h6-9,16-17,20,24H,3-5,10-15,18H2,1-2H3,(H,40,41). The Morgan fingerprint density at radius 1 is 1.07 bits per heavy atom. The van der Waals surface area contributed by atoms with Crippen molar-refractivity contribution in [1.29, 1.82) is 0 Å². The summed E-state index contributed by atoms with van der Waals surface area (Å²) in [5, 5.41) is 9.51. The lowest BCUT2D eigenvalue weighted by atomic mass is 9.92. The molecule has 0 spiro atoms. The SMILES string of the molecule is CCOc1c(CN2CCC(N3CCc4nc(C)c(C(=O)O)cc4C3=O)CC2)cc(C2CC2)c(-c2ccc(F)cc2)c1F. The molecule has 0 unspecified atom stereocenters. The Labute approximate surface area is 244 Å². The van der Waals surface area contributed by atoms with Crippen molar-refractivity contribution in [3.05, 3.63) is 81.7 Å². The Kier molecular flexibility index (Phi) is 7.70. The number of carbonyl (C=O) groups is 2. The van der Waals surface area contributed by atoms with E-state index in [2.05, 4.69) is 16.0 Å². The maximum Gasteiger partial charge on any atom is 0.337 e. The number of benzene rings is 2. The minimum atomic E-state index is -1.08. The zero-order valence-electron chi connectivity index (χ0n) is 24.0. The largest absolute Gasteiger partial charge is 0.490 e. The summed E-state index contributed by atoms with van der Waals surface area (Å²) < 4.78 is 35.7. The molecule has 1 amide bonds. The second kappa shape index (κ2) is 11.4. The molecule has 7 nitrogen and oxygen atoms in total. The van der Waals surface area contributed by atoms with Gasteiger partial charge in [0, 0.05) is 49.8 Å². The number of aromatic carboxylic acids is 1. The third-order valence-electron chi connectivity index (χ3n) is 8.76. The number of ether oxygens (including phenoxy) is 1. The van der Waals surface area contributed by atoms with Crippen LogP contribution >= 0.6 is 0 Å². The Morgan fingerprint density at radius 2 is 1.79 bits per heavy atom. The minimum absolute atomic E-state index is 0.0439. The number of hydrogen-bond donors (Lipinski definition) is 1. The van der Waals surface area contributed by atoms with Crippen LogP contribution in [0.2, 0.25) is 0 Å². The highest BCUT2D eigenvalue weighted by atomic mass is 19.1. The fraction of sp³-hybridized carbons (Fsp3) is 0.424. The first-order valence-electron chi connectivity index (χ1n) is 14.8. The van der Waals surface area contributed by atoms with Gasteiger partial charge in [-0.25, -0.2) is 13.6 Å². The molecule has 2 fully saturated rings. The molecular formula is C33H35F2N3O4. The molecule has 6 rings (SSSR count). The number of pyridine rings is 1. The summed E-state index contributed by atoms with van der Waals surface area (Å²) in [5.41, 5.74) is 4.46. The molecule has 9 heteroatoms. The van der Waals surface area contributed by atoms with Crippen molar-refractivity contribution in [2.24, 2.45) is 0 Å². The Hall–Kier alpha value is -3.85. The highest BCUT2D eigenvalue weighted by molar-refractivity contribution is 5.99. The lowest BCUT2D eigenvalue weighted by Crippen LogP contribution is -2.50. The van der Waals surface area contributed by atoms with Gasteiger partial charge in [0.05, 0.1) is 29.1 Å². The number of hydrogen-bond acceptors (Lipinski definition) is 5. The van der Waals surface area contributed by atoms with Crippen LogP contribution in [-0.2, 0) is 13.0 Å². The van der Waals surface area contributed by atoms with Crippen LogP contribution in [0.15, 0.2) is 36.4 Å². The van der Waals surface area contributed by atoms with Crippen LogP contribution in [0.25, 0.3) is 11.1 Å². The van der Waals surface area contributed by atoms with Gasteiger partial charge in [0.15, 0.2) is 11.6 Å². The summed E-state index contributed by atoms with van der Waals surface area (Å²) in [6, 6.07) is 9.56. The molecule has 0 radical (unpaired) electrons. The van der Waals surface area contributed by atoms with Gasteiger partial charge in [-0.15, -0.1) is 0 Å². The molecule has 2 aliphatic heterocycles. The first-order chi connectivity index (χ1) is 20.2. The number of fused-ring (bicyclic) bond motifs is 1. The first-order valence-corrected chi connectivity index (χ1v) is 14.8. The Balaban J connectivity index is 1.20. The Morgan fingerprint density at radius 3 is 2.43 bits per heavy atom. The summed E-state index contributed by atoms with van der Waals surface area (Å²) in [7, 11) is 0. The van der Waals surface area contributed by atoms with Crippen LogP contribution in [0.1, 0.15) is 81.8 Å². The summed E-state index contributed by atoms with van der Waals surface area (Å²) in [6.07, 6.45) is 4.14. The van der Waals surface area contributed by atoms with Gasteiger partial charge < -0.3 is 14.7 Å². The molecule has 1 saturated heterocycles. The van der Waals surface area contributed by atoms with Crippen molar-refractivity contribution in [3.8, 4) is 16.9 Å². The topological polar surface area (TPSA) is 83.0 Å².